The molecule has 0 saturated carbocycles. The first-order chi connectivity index (χ1) is 10.5. The Hall–Kier alpha value is -1.94. The Morgan fingerprint density at radius 3 is 2.32 bits per heavy atom. The maximum absolute atomic E-state index is 11.9. The number of carbonyl (C=O) groups is 1. The van der Waals surface area contributed by atoms with Gasteiger partial charge in [0.1, 0.15) is 0 Å². The number of carbonyl (C=O) groups excluding carboxylic acids is 1. The Bertz CT molecular complexity index is 606. The first-order valence-corrected chi connectivity index (χ1v) is 8.41. The highest BCUT2D eigenvalue weighted by atomic mass is 32.2. The zero-order valence-corrected chi connectivity index (χ0v) is 13.8. The molecule has 0 heterocycles. The fourth-order valence-electron chi connectivity index (χ4n) is 2.00. The van der Waals surface area contributed by atoms with Crippen molar-refractivity contribution in [1.82, 2.24) is 0 Å². The highest BCUT2D eigenvalue weighted by molar-refractivity contribution is 7.99. The molecular formula is C18H22N2OS. The van der Waals surface area contributed by atoms with Gasteiger partial charge in [0.2, 0.25) is 5.91 Å². The topological polar surface area (TPSA) is 55.1 Å². The predicted octanol–water partition coefficient (Wildman–Crippen LogP) is 4.51. The van der Waals surface area contributed by atoms with Crippen molar-refractivity contribution in [3.05, 3.63) is 54.1 Å². The summed E-state index contributed by atoms with van der Waals surface area (Å²) in [6.45, 7) is 4.31. The molecule has 22 heavy (non-hydrogen) atoms. The third kappa shape index (κ3) is 5.11. The fraction of sp³-hybridized carbons (Fsp3) is 0.278. The molecule has 4 heteroatoms. The lowest BCUT2D eigenvalue weighted by Gasteiger charge is -2.08. The summed E-state index contributed by atoms with van der Waals surface area (Å²) in [7, 11) is 0. The minimum Gasteiger partial charge on any atom is -0.399 e. The number of thioether (sulfide) groups is 1. The molecule has 1 amide bonds. The van der Waals surface area contributed by atoms with Crippen molar-refractivity contribution in [3.63, 3.8) is 0 Å². The molecule has 2 rings (SSSR count). The monoisotopic (exact) mass is 314 g/mol. The Morgan fingerprint density at radius 1 is 1.09 bits per heavy atom. The van der Waals surface area contributed by atoms with E-state index in [1.165, 1.54) is 5.56 Å². The van der Waals surface area contributed by atoms with E-state index in [1.807, 2.05) is 36.4 Å². The number of anilines is 2. The number of benzene rings is 2. The quantitative estimate of drug-likeness (QED) is 0.609. The van der Waals surface area contributed by atoms with Crippen molar-refractivity contribution in [2.75, 3.05) is 16.8 Å². The largest absolute Gasteiger partial charge is 0.399 e. The summed E-state index contributed by atoms with van der Waals surface area (Å²) in [5.41, 5.74) is 8.53. The molecule has 0 bridgehead atoms. The molecule has 2 aromatic carbocycles. The van der Waals surface area contributed by atoms with E-state index in [9.17, 15) is 4.79 Å². The number of hydrogen-bond acceptors (Lipinski definition) is 3. The SMILES string of the molecule is CC(C)c1ccc(NC(=O)CCSc2ccc(N)cc2)cc1. The first kappa shape index (κ1) is 16.4. The van der Waals surface area contributed by atoms with Crippen LogP contribution in [0.1, 0.15) is 31.7 Å². The van der Waals surface area contributed by atoms with Crippen LogP contribution in [0.2, 0.25) is 0 Å². The van der Waals surface area contributed by atoms with Crippen LogP contribution < -0.4 is 11.1 Å². The number of nitrogens with one attached hydrogen (secondary N) is 1. The average Bonchev–Trinajstić information content (AvgIpc) is 2.50. The van der Waals surface area contributed by atoms with E-state index in [-0.39, 0.29) is 5.91 Å². The summed E-state index contributed by atoms with van der Waals surface area (Å²) in [5, 5.41) is 2.93. The van der Waals surface area contributed by atoms with Gasteiger partial charge < -0.3 is 11.1 Å². The third-order valence-corrected chi connectivity index (χ3v) is 4.35. The van der Waals surface area contributed by atoms with Crippen molar-refractivity contribution in [2.45, 2.75) is 31.1 Å². The van der Waals surface area contributed by atoms with Gasteiger partial charge in [0.15, 0.2) is 0 Å². The molecule has 0 unspecified atom stereocenters. The van der Waals surface area contributed by atoms with Crippen molar-refractivity contribution < 1.29 is 4.79 Å². The summed E-state index contributed by atoms with van der Waals surface area (Å²) >= 11 is 1.66. The second-order valence-electron chi connectivity index (χ2n) is 5.49. The summed E-state index contributed by atoms with van der Waals surface area (Å²) in [6.07, 6.45) is 0.487. The zero-order chi connectivity index (χ0) is 15.9. The maximum Gasteiger partial charge on any atom is 0.225 e. The normalized spacial score (nSPS) is 10.7. The van der Waals surface area contributed by atoms with E-state index < -0.39 is 0 Å². The molecule has 116 valence electrons. The smallest absolute Gasteiger partial charge is 0.225 e. The van der Waals surface area contributed by atoms with E-state index in [4.69, 9.17) is 5.73 Å². The highest BCUT2D eigenvalue weighted by Crippen LogP contribution is 2.21. The Labute approximate surface area is 136 Å². The number of nitrogens with two attached hydrogens (primary N) is 1. The number of hydrogen-bond donors (Lipinski definition) is 2. The van der Waals surface area contributed by atoms with Crippen LogP contribution in [0.5, 0.6) is 0 Å². The number of amides is 1. The summed E-state index contributed by atoms with van der Waals surface area (Å²) in [4.78, 5) is 13.1. The molecule has 0 aromatic heterocycles. The van der Waals surface area contributed by atoms with E-state index in [0.717, 1.165) is 22.0 Å². The molecule has 3 nitrogen and oxygen atoms in total. The highest BCUT2D eigenvalue weighted by Gasteiger charge is 2.04. The maximum atomic E-state index is 11.9. The molecule has 0 aliphatic heterocycles. The lowest BCUT2D eigenvalue weighted by atomic mass is 10.0. The molecule has 0 radical (unpaired) electrons. The van der Waals surface area contributed by atoms with Crippen molar-refractivity contribution in [3.8, 4) is 0 Å². The van der Waals surface area contributed by atoms with Crippen LogP contribution in [0.4, 0.5) is 11.4 Å². The summed E-state index contributed by atoms with van der Waals surface area (Å²) in [5.74, 6) is 1.29. The standard InChI is InChI=1S/C18H22N2OS/c1-13(2)14-3-7-16(8-4-14)20-18(21)11-12-22-17-9-5-15(19)6-10-17/h3-10,13H,11-12,19H2,1-2H3,(H,20,21). The second kappa shape index (κ2) is 7.90. The van der Waals surface area contributed by atoms with E-state index in [0.29, 0.717) is 12.3 Å². The summed E-state index contributed by atoms with van der Waals surface area (Å²) in [6, 6.07) is 15.7. The van der Waals surface area contributed by atoms with Crippen LogP contribution in [0.15, 0.2) is 53.4 Å². The van der Waals surface area contributed by atoms with E-state index >= 15 is 0 Å². The minimum absolute atomic E-state index is 0.0419. The lowest BCUT2D eigenvalue weighted by Crippen LogP contribution is -2.12. The van der Waals surface area contributed by atoms with E-state index in [2.05, 4.69) is 31.3 Å². The van der Waals surface area contributed by atoms with Gasteiger partial charge in [0, 0.05) is 28.4 Å². The molecule has 0 aliphatic carbocycles. The molecule has 0 spiro atoms. The summed E-state index contributed by atoms with van der Waals surface area (Å²) < 4.78 is 0. The van der Waals surface area contributed by atoms with Gasteiger partial charge in [-0.1, -0.05) is 26.0 Å². The number of rotatable bonds is 6. The van der Waals surface area contributed by atoms with Gasteiger partial charge in [-0.15, -0.1) is 11.8 Å². The van der Waals surface area contributed by atoms with E-state index in [1.54, 1.807) is 11.8 Å². The minimum atomic E-state index is 0.0419. The van der Waals surface area contributed by atoms with Gasteiger partial charge in [0.25, 0.3) is 0 Å². The van der Waals surface area contributed by atoms with Gasteiger partial charge in [-0.25, -0.2) is 0 Å². The third-order valence-electron chi connectivity index (χ3n) is 3.34. The molecule has 0 aliphatic rings. The molecular weight excluding hydrogens is 292 g/mol. The Kier molecular flexibility index (Phi) is 5.90. The van der Waals surface area contributed by atoms with Gasteiger partial charge in [-0.05, 0) is 47.9 Å². The van der Waals surface area contributed by atoms with Crippen molar-refractivity contribution in [2.24, 2.45) is 0 Å². The first-order valence-electron chi connectivity index (χ1n) is 7.43. The van der Waals surface area contributed by atoms with Gasteiger partial charge in [0.05, 0.1) is 0 Å². The van der Waals surface area contributed by atoms with Gasteiger partial charge >= 0.3 is 0 Å². The van der Waals surface area contributed by atoms with Crippen LogP contribution >= 0.6 is 11.8 Å². The van der Waals surface area contributed by atoms with Crippen LogP contribution in [0.25, 0.3) is 0 Å². The van der Waals surface area contributed by atoms with Gasteiger partial charge in [-0.3, -0.25) is 4.79 Å². The molecule has 3 N–H and O–H groups in total. The second-order valence-corrected chi connectivity index (χ2v) is 6.66. The predicted molar refractivity (Wildman–Crippen MR) is 95.4 cm³/mol. The molecule has 0 saturated heterocycles. The fourth-order valence-corrected chi connectivity index (χ4v) is 2.85. The van der Waals surface area contributed by atoms with Crippen molar-refractivity contribution >= 4 is 29.0 Å². The van der Waals surface area contributed by atoms with Crippen LogP contribution in [0, 0.1) is 0 Å². The van der Waals surface area contributed by atoms with Crippen LogP contribution in [-0.4, -0.2) is 11.7 Å². The lowest BCUT2D eigenvalue weighted by molar-refractivity contribution is -0.115. The Morgan fingerprint density at radius 2 is 1.73 bits per heavy atom. The van der Waals surface area contributed by atoms with Crippen molar-refractivity contribution in [1.29, 1.82) is 0 Å². The van der Waals surface area contributed by atoms with Crippen LogP contribution in [0.3, 0.4) is 0 Å². The number of nitrogen functional groups attached to an aromatic ring is 1. The molecule has 0 atom stereocenters. The average molecular weight is 314 g/mol. The zero-order valence-electron chi connectivity index (χ0n) is 13.0. The van der Waals surface area contributed by atoms with Crippen LogP contribution in [-0.2, 0) is 4.79 Å². The Balaban J connectivity index is 1.76. The van der Waals surface area contributed by atoms with Gasteiger partial charge in [-0.2, -0.15) is 0 Å². The molecule has 2 aromatic rings. The molecule has 0 fully saturated rings.